The van der Waals surface area contributed by atoms with Gasteiger partial charge in [-0.3, -0.25) is 14.4 Å². The lowest BCUT2D eigenvalue weighted by molar-refractivity contribution is -0.141. The molecule has 10 heteroatoms. The summed E-state index contributed by atoms with van der Waals surface area (Å²) >= 11 is 0. The fourth-order valence-corrected chi connectivity index (χ4v) is 21.3. The first-order valence-electron chi connectivity index (χ1n) is 22.8. The van der Waals surface area contributed by atoms with E-state index in [-0.39, 0.29) is 43.9 Å². The van der Waals surface area contributed by atoms with E-state index in [2.05, 4.69) is 125 Å². The number of carbonyl (C=O) groups is 3. The summed E-state index contributed by atoms with van der Waals surface area (Å²) < 4.78 is 13.1. The first kappa shape index (κ1) is 55.0. The van der Waals surface area contributed by atoms with Gasteiger partial charge < -0.3 is 19.9 Å². The zero-order chi connectivity index (χ0) is 47.3. The van der Waals surface area contributed by atoms with Crippen molar-refractivity contribution >= 4 is 43.7 Å². The van der Waals surface area contributed by atoms with Gasteiger partial charge in [-0.05, 0) is 79.8 Å². The van der Waals surface area contributed by atoms with Crippen molar-refractivity contribution < 1.29 is 23.2 Å². The molecule has 0 aliphatic heterocycles. The highest BCUT2D eigenvalue weighted by Crippen LogP contribution is 2.56. The number of nitrogens with one attached hydrogen (secondary N) is 1. The summed E-state index contributed by atoms with van der Waals surface area (Å²) in [5.74, 6) is -0.0472. The molecule has 0 saturated carbocycles. The third kappa shape index (κ3) is 15.6. The Morgan fingerprint density at radius 1 is 0.548 bits per heavy atom. The molecule has 0 aliphatic rings. The van der Waals surface area contributed by atoms with E-state index in [1.807, 2.05) is 91.0 Å². The zero-order valence-corrected chi connectivity index (χ0v) is 44.6. The highest BCUT2D eigenvalue weighted by atomic mass is 31.0. The zero-order valence-electron chi connectivity index (χ0n) is 41.5. The Morgan fingerprint density at radius 3 is 1.19 bits per heavy atom. The minimum atomic E-state index is -2.66. The second-order valence-corrected chi connectivity index (χ2v) is 33.4. The maximum absolute atomic E-state index is 14.0. The molecule has 4 atom stereocenters. The average molecular weight is 905 g/mol. The smallest absolute Gasteiger partial charge is 0.315 e. The normalized spacial score (nSPS) is 14.3. The molecule has 3 aromatic rings. The Balaban J connectivity index is 0.000000461. The van der Waals surface area contributed by atoms with Crippen LogP contribution in [0.2, 0.25) is 32.2 Å². The highest BCUT2D eigenvalue weighted by Gasteiger charge is 2.59. The largest absolute Gasteiger partial charge is 0.517 e. The fraction of sp³-hybridized carbons (Fsp3) is 0.596. The van der Waals surface area contributed by atoms with Crippen molar-refractivity contribution in [3.8, 4) is 0 Å². The third-order valence-corrected chi connectivity index (χ3v) is 26.4. The predicted octanol–water partition coefficient (Wildman–Crippen LogP) is 12.5. The van der Waals surface area contributed by atoms with Crippen LogP contribution >= 0.6 is 9.24 Å². The molecular weight excluding hydrogens is 820 g/mol. The van der Waals surface area contributed by atoms with Crippen molar-refractivity contribution in [2.24, 2.45) is 23.5 Å². The van der Waals surface area contributed by atoms with Crippen LogP contribution in [-0.4, -0.2) is 52.7 Å². The lowest BCUT2D eigenvalue weighted by Gasteiger charge is -2.51. The number of rotatable bonds is 17. The SMILES string of the molecule is CC(C)C[Si](OC(=O)[C@@H](N)Cc1ccccc1)(C(C)(C)C)C(C)(C)C.CC(C)C[Si](OC(=O)[C@H](Cc1ccccc1)NC(=O)[C@@H](CP)Cc1ccccc1)(C(C)(C)C)C(C)(C)C. The maximum atomic E-state index is 14.0. The molecule has 0 heterocycles. The van der Waals surface area contributed by atoms with Gasteiger partial charge in [0.05, 0.1) is 0 Å². The second kappa shape index (κ2) is 23.2. The maximum Gasteiger partial charge on any atom is 0.315 e. The van der Waals surface area contributed by atoms with E-state index in [4.69, 9.17) is 14.6 Å². The minimum absolute atomic E-state index is 0.0579. The number of amides is 1. The number of carbonyl (C=O) groups excluding carboxylic acids is 3. The number of hydrogen-bond donors (Lipinski definition) is 2. The van der Waals surface area contributed by atoms with Crippen LogP contribution in [0.1, 0.15) is 127 Å². The number of nitrogens with two attached hydrogens (primary N) is 1. The Morgan fingerprint density at radius 2 is 0.871 bits per heavy atom. The van der Waals surface area contributed by atoms with Crippen LogP contribution in [0.3, 0.4) is 0 Å². The van der Waals surface area contributed by atoms with E-state index in [9.17, 15) is 14.4 Å². The number of benzene rings is 3. The molecule has 0 saturated heterocycles. The standard InChI is InChI=1S/C31H48NO3PSi.C21H37NO2Si/c1-23(2)22-37(30(3,4)5,31(6,7)8)35-29(34)27(20-25-17-13-10-14-18-25)32-28(33)26(21-36)19-24-15-11-9-12-16-24;1-16(2)15-25(20(3,4)5,21(6,7)8)24-19(23)18(22)14-17-12-10-9-11-13-17/h9-18,23,26-27H,19-22,36H2,1-8H3,(H,32,33);9-13,16,18H,14-15,22H2,1-8H3/t26-,27+;18-/m10/s1. The summed E-state index contributed by atoms with van der Waals surface area (Å²) in [5.41, 5.74) is 9.39. The van der Waals surface area contributed by atoms with Crippen LogP contribution in [0.5, 0.6) is 0 Å². The molecule has 0 spiro atoms. The lowest BCUT2D eigenvalue weighted by Crippen LogP contribution is -2.59. The summed E-state index contributed by atoms with van der Waals surface area (Å²) in [5, 5.41) is 2.67. The van der Waals surface area contributed by atoms with E-state index in [0.717, 1.165) is 28.8 Å². The molecule has 0 aliphatic carbocycles. The van der Waals surface area contributed by atoms with E-state index < -0.39 is 28.7 Å². The summed E-state index contributed by atoms with van der Waals surface area (Å²) in [4.78, 5) is 40.5. The molecule has 7 nitrogen and oxygen atoms in total. The van der Waals surface area contributed by atoms with Crippen LogP contribution in [-0.2, 0) is 42.5 Å². The van der Waals surface area contributed by atoms with Crippen LogP contribution in [0.25, 0.3) is 0 Å². The molecular formula is C52H85N2O5PSi2. The lowest BCUT2D eigenvalue weighted by atomic mass is 9.99. The van der Waals surface area contributed by atoms with Gasteiger partial charge in [-0.1, -0.05) is 202 Å². The van der Waals surface area contributed by atoms with Crippen molar-refractivity contribution in [2.75, 3.05) is 6.16 Å². The summed E-state index contributed by atoms with van der Waals surface area (Å²) in [6.07, 6.45) is 2.16. The first-order chi connectivity index (χ1) is 28.5. The molecule has 3 rings (SSSR count). The van der Waals surface area contributed by atoms with E-state index in [1.165, 1.54) is 0 Å². The monoisotopic (exact) mass is 905 g/mol. The second-order valence-electron chi connectivity index (χ2n) is 22.4. The summed E-state index contributed by atoms with van der Waals surface area (Å²) in [6.45, 7) is 35.3. The van der Waals surface area contributed by atoms with Gasteiger partial charge in [-0.2, -0.15) is 0 Å². The Kier molecular flexibility index (Phi) is 20.6. The molecule has 346 valence electrons. The van der Waals surface area contributed by atoms with Gasteiger partial charge in [0.25, 0.3) is 16.6 Å². The first-order valence-corrected chi connectivity index (χ1v) is 27.9. The van der Waals surface area contributed by atoms with Crippen LogP contribution in [0.4, 0.5) is 0 Å². The third-order valence-electron chi connectivity index (χ3n) is 12.3. The van der Waals surface area contributed by atoms with Crippen LogP contribution in [0, 0.1) is 17.8 Å². The van der Waals surface area contributed by atoms with Crippen molar-refractivity contribution in [3.05, 3.63) is 108 Å². The molecule has 0 bridgehead atoms. The molecule has 3 N–H and O–H groups in total. The van der Waals surface area contributed by atoms with Gasteiger partial charge in [0.2, 0.25) is 5.91 Å². The van der Waals surface area contributed by atoms with E-state index in [0.29, 0.717) is 37.3 Å². The highest BCUT2D eigenvalue weighted by molar-refractivity contribution is 7.16. The molecule has 1 amide bonds. The Labute approximate surface area is 382 Å². The summed E-state index contributed by atoms with van der Waals surface area (Å²) in [6, 6.07) is 30.3. The van der Waals surface area contributed by atoms with Gasteiger partial charge in [-0.25, -0.2) is 0 Å². The van der Waals surface area contributed by atoms with Gasteiger partial charge in [0.15, 0.2) is 0 Å². The number of hydrogen-bond acceptors (Lipinski definition) is 6. The molecule has 0 fully saturated rings. The van der Waals surface area contributed by atoms with E-state index in [1.54, 1.807) is 0 Å². The van der Waals surface area contributed by atoms with Crippen LogP contribution in [0.15, 0.2) is 91.0 Å². The molecule has 1 unspecified atom stereocenters. The minimum Gasteiger partial charge on any atom is -0.517 e. The molecule has 0 aromatic heterocycles. The van der Waals surface area contributed by atoms with Crippen LogP contribution < -0.4 is 11.1 Å². The molecule has 62 heavy (non-hydrogen) atoms. The topological polar surface area (TPSA) is 108 Å². The van der Waals surface area contributed by atoms with Crippen molar-refractivity contribution in [3.63, 3.8) is 0 Å². The van der Waals surface area contributed by atoms with Crippen molar-refractivity contribution in [1.82, 2.24) is 5.32 Å². The quantitative estimate of drug-likeness (QED) is 0.103. The van der Waals surface area contributed by atoms with E-state index >= 15 is 0 Å². The van der Waals surface area contributed by atoms with Crippen molar-refractivity contribution in [1.29, 1.82) is 0 Å². The Hall–Kier alpha value is -3.11. The van der Waals surface area contributed by atoms with Gasteiger partial charge in [0, 0.05) is 12.3 Å². The average Bonchev–Trinajstić information content (AvgIpc) is 3.15. The summed E-state index contributed by atoms with van der Waals surface area (Å²) in [7, 11) is -2.40. The molecule has 0 radical (unpaired) electrons. The van der Waals surface area contributed by atoms with Gasteiger partial charge in [-0.15, -0.1) is 9.24 Å². The fourth-order valence-electron chi connectivity index (χ4n) is 9.28. The predicted molar refractivity (Wildman–Crippen MR) is 270 cm³/mol. The van der Waals surface area contributed by atoms with Crippen molar-refractivity contribution in [2.45, 2.75) is 174 Å². The van der Waals surface area contributed by atoms with Gasteiger partial charge >= 0.3 is 11.9 Å². The van der Waals surface area contributed by atoms with Gasteiger partial charge in [0.1, 0.15) is 12.1 Å². The molecule has 3 aromatic carbocycles. The Bertz CT molecular complexity index is 1780.